The molecule has 0 radical (unpaired) electrons. The summed E-state index contributed by atoms with van der Waals surface area (Å²) in [5.74, 6) is 1.84. The van der Waals surface area contributed by atoms with Crippen molar-refractivity contribution >= 4 is 5.91 Å². The van der Waals surface area contributed by atoms with Crippen molar-refractivity contribution in [3.63, 3.8) is 0 Å². The Morgan fingerprint density at radius 1 is 1.23 bits per heavy atom. The Bertz CT molecular complexity index is 621. The van der Waals surface area contributed by atoms with Gasteiger partial charge in [-0.1, -0.05) is 26.8 Å². The smallest absolute Gasteiger partial charge is 0.223 e. The number of hydrogen-bond donors (Lipinski definition) is 2. The SMILES string of the molecule is CC1CCN(C[C@@H](NC(=O)C2CCc3cc(O)ccc3C2)C(C)C)CC1. The molecule has 1 aliphatic carbocycles. The van der Waals surface area contributed by atoms with Crippen LogP contribution in [0.5, 0.6) is 5.75 Å². The first kappa shape index (κ1) is 19.2. The van der Waals surface area contributed by atoms with Gasteiger partial charge >= 0.3 is 0 Å². The van der Waals surface area contributed by atoms with Gasteiger partial charge in [0.1, 0.15) is 5.75 Å². The first-order valence-corrected chi connectivity index (χ1v) is 10.3. The van der Waals surface area contributed by atoms with E-state index in [0.29, 0.717) is 11.7 Å². The number of phenolic OH excluding ortho intramolecular Hbond substituents is 1. The molecule has 2 N–H and O–H groups in total. The Labute approximate surface area is 158 Å². The molecule has 26 heavy (non-hydrogen) atoms. The lowest BCUT2D eigenvalue weighted by Crippen LogP contribution is -2.50. The third kappa shape index (κ3) is 4.79. The van der Waals surface area contributed by atoms with Crippen molar-refractivity contribution in [2.75, 3.05) is 19.6 Å². The molecule has 1 aromatic rings. The van der Waals surface area contributed by atoms with Crippen LogP contribution >= 0.6 is 0 Å². The Morgan fingerprint density at radius 2 is 1.96 bits per heavy atom. The van der Waals surface area contributed by atoms with Crippen LogP contribution in [0.1, 0.15) is 51.2 Å². The molecule has 0 aromatic heterocycles. The van der Waals surface area contributed by atoms with E-state index in [1.807, 2.05) is 12.1 Å². The molecule has 1 fully saturated rings. The normalized spacial score (nSPS) is 22.8. The first-order valence-electron chi connectivity index (χ1n) is 10.3. The van der Waals surface area contributed by atoms with E-state index in [2.05, 4.69) is 31.0 Å². The summed E-state index contributed by atoms with van der Waals surface area (Å²) in [4.78, 5) is 15.4. The molecule has 0 bridgehead atoms. The van der Waals surface area contributed by atoms with Crippen LogP contribution < -0.4 is 5.32 Å². The zero-order valence-electron chi connectivity index (χ0n) is 16.5. The van der Waals surface area contributed by atoms with E-state index < -0.39 is 0 Å². The summed E-state index contributed by atoms with van der Waals surface area (Å²) in [6.07, 6.45) is 5.07. The van der Waals surface area contributed by atoms with Crippen LogP contribution in [0.3, 0.4) is 0 Å². The monoisotopic (exact) mass is 358 g/mol. The van der Waals surface area contributed by atoms with Gasteiger partial charge in [0, 0.05) is 18.5 Å². The van der Waals surface area contributed by atoms with Crippen LogP contribution in [-0.2, 0) is 17.6 Å². The Hall–Kier alpha value is -1.55. The van der Waals surface area contributed by atoms with Crippen molar-refractivity contribution in [2.24, 2.45) is 17.8 Å². The molecule has 1 unspecified atom stereocenters. The fourth-order valence-corrected chi connectivity index (χ4v) is 4.21. The van der Waals surface area contributed by atoms with Gasteiger partial charge in [-0.05, 0) is 80.3 Å². The second-order valence-electron chi connectivity index (χ2n) is 8.73. The molecule has 2 atom stereocenters. The lowest BCUT2D eigenvalue weighted by Gasteiger charge is -2.35. The van der Waals surface area contributed by atoms with Crippen molar-refractivity contribution in [1.82, 2.24) is 10.2 Å². The van der Waals surface area contributed by atoms with Gasteiger partial charge < -0.3 is 15.3 Å². The second kappa shape index (κ2) is 8.43. The quantitative estimate of drug-likeness (QED) is 0.848. The molecule has 4 nitrogen and oxygen atoms in total. The van der Waals surface area contributed by atoms with E-state index in [1.165, 1.54) is 24.0 Å². The summed E-state index contributed by atoms with van der Waals surface area (Å²) >= 11 is 0. The number of amides is 1. The molecule has 1 aromatic carbocycles. The zero-order chi connectivity index (χ0) is 18.7. The van der Waals surface area contributed by atoms with Gasteiger partial charge in [-0.2, -0.15) is 0 Å². The maximum absolute atomic E-state index is 12.9. The van der Waals surface area contributed by atoms with Crippen LogP contribution in [-0.4, -0.2) is 41.6 Å². The fraction of sp³-hybridized carbons (Fsp3) is 0.682. The van der Waals surface area contributed by atoms with E-state index in [1.54, 1.807) is 6.07 Å². The largest absolute Gasteiger partial charge is 0.508 e. The van der Waals surface area contributed by atoms with E-state index in [-0.39, 0.29) is 17.9 Å². The predicted molar refractivity (Wildman–Crippen MR) is 105 cm³/mol. The topological polar surface area (TPSA) is 52.6 Å². The zero-order valence-corrected chi connectivity index (χ0v) is 16.5. The number of benzene rings is 1. The highest BCUT2D eigenvalue weighted by Crippen LogP contribution is 2.28. The van der Waals surface area contributed by atoms with Crippen LogP contribution in [0.15, 0.2) is 18.2 Å². The molecule has 1 aliphatic heterocycles. The summed E-state index contributed by atoms with van der Waals surface area (Å²) in [5.41, 5.74) is 2.40. The summed E-state index contributed by atoms with van der Waals surface area (Å²) in [6.45, 7) is 10.0. The number of aryl methyl sites for hydroxylation is 1. The average molecular weight is 359 g/mol. The predicted octanol–water partition coefficient (Wildman–Crippen LogP) is 3.37. The third-order valence-electron chi connectivity index (χ3n) is 6.25. The molecule has 144 valence electrons. The maximum Gasteiger partial charge on any atom is 0.223 e. The van der Waals surface area contributed by atoms with Crippen LogP contribution in [0.25, 0.3) is 0 Å². The van der Waals surface area contributed by atoms with Crippen molar-refractivity contribution in [1.29, 1.82) is 0 Å². The lowest BCUT2D eigenvalue weighted by molar-refractivity contribution is -0.126. The minimum Gasteiger partial charge on any atom is -0.508 e. The van der Waals surface area contributed by atoms with Crippen molar-refractivity contribution in [3.05, 3.63) is 29.3 Å². The molecule has 4 heteroatoms. The Kier molecular flexibility index (Phi) is 6.23. The number of nitrogens with zero attached hydrogens (tertiary/aromatic N) is 1. The number of aromatic hydroxyl groups is 1. The molecule has 0 spiro atoms. The number of nitrogens with one attached hydrogen (secondary N) is 1. The number of hydrogen-bond acceptors (Lipinski definition) is 3. The molecule has 0 saturated carbocycles. The van der Waals surface area contributed by atoms with Gasteiger partial charge in [0.2, 0.25) is 5.91 Å². The number of piperidine rings is 1. The molecular weight excluding hydrogens is 324 g/mol. The number of likely N-dealkylation sites (tertiary alicyclic amines) is 1. The van der Waals surface area contributed by atoms with Gasteiger partial charge in [-0.3, -0.25) is 4.79 Å². The minimum absolute atomic E-state index is 0.0506. The molecule has 1 amide bonds. The molecular formula is C22H34N2O2. The summed E-state index contributed by atoms with van der Waals surface area (Å²) in [5, 5.41) is 13.0. The number of carbonyl (C=O) groups is 1. The van der Waals surface area contributed by atoms with Crippen LogP contribution in [0, 0.1) is 17.8 Å². The van der Waals surface area contributed by atoms with E-state index in [0.717, 1.165) is 44.8 Å². The summed E-state index contributed by atoms with van der Waals surface area (Å²) in [6, 6.07) is 5.77. The standard InChI is InChI=1S/C22H34N2O2/c1-15(2)21(14-24-10-8-16(3)9-11-24)23-22(26)19-5-4-18-13-20(25)7-6-17(18)12-19/h6-7,13,15-16,19,21,25H,4-5,8-12,14H2,1-3H3,(H,23,26)/t19?,21-/m1/s1. The van der Waals surface area contributed by atoms with Crippen molar-refractivity contribution in [3.8, 4) is 5.75 Å². The highest BCUT2D eigenvalue weighted by Gasteiger charge is 2.28. The van der Waals surface area contributed by atoms with E-state index in [9.17, 15) is 9.90 Å². The van der Waals surface area contributed by atoms with E-state index >= 15 is 0 Å². The fourth-order valence-electron chi connectivity index (χ4n) is 4.21. The van der Waals surface area contributed by atoms with Gasteiger partial charge in [0.25, 0.3) is 0 Å². The lowest BCUT2D eigenvalue weighted by atomic mass is 9.83. The molecule has 2 aliphatic rings. The Morgan fingerprint density at radius 3 is 2.65 bits per heavy atom. The van der Waals surface area contributed by atoms with Gasteiger partial charge in [0.05, 0.1) is 0 Å². The number of carbonyl (C=O) groups excluding carboxylic acids is 1. The second-order valence-corrected chi connectivity index (χ2v) is 8.73. The van der Waals surface area contributed by atoms with Crippen LogP contribution in [0.2, 0.25) is 0 Å². The van der Waals surface area contributed by atoms with E-state index in [4.69, 9.17) is 0 Å². The Balaban J connectivity index is 1.57. The molecule has 1 heterocycles. The highest BCUT2D eigenvalue weighted by atomic mass is 16.3. The van der Waals surface area contributed by atoms with Crippen LogP contribution in [0.4, 0.5) is 0 Å². The van der Waals surface area contributed by atoms with Gasteiger partial charge in [0.15, 0.2) is 0 Å². The molecule has 3 rings (SSSR count). The number of phenols is 1. The highest BCUT2D eigenvalue weighted by molar-refractivity contribution is 5.79. The van der Waals surface area contributed by atoms with Gasteiger partial charge in [-0.15, -0.1) is 0 Å². The number of rotatable bonds is 5. The molecule has 1 saturated heterocycles. The summed E-state index contributed by atoms with van der Waals surface area (Å²) < 4.78 is 0. The maximum atomic E-state index is 12.9. The minimum atomic E-state index is 0.0506. The van der Waals surface area contributed by atoms with Gasteiger partial charge in [-0.25, -0.2) is 0 Å². The third-order valence-corrected chi connectivity index (χ3v) is 6.25. The van der Waals surface area contributed by atoms with Crippen molar-refractivity contribution < 1.29 is 9.90 Å². The first-order chi connectivity index (χ1) is 12.4. The average Bonchev–Trinajstić information content (AvgIpc) is 2.62. The van der Waals surface area contributed by atoms with Crippen molar-refractivity contribution in [2.45, 2.75) is 58.9 Å². The summed E-state index contributed by atoms with van der Waals surface area (Å²) in [7, 11) is 0. The number of fused-ring (bicyclic) bond motifs is 1.